The minimum Gasteiger partial charge on any atom is -0.0452 e. The number of rotatable bonds is 26. The first-order valence-corrected chi connectivity index (χ1v) is 56.1. The van der Waals surface area contributed by atoms with E-state index in [9.17, 15) is 47.9 Å². The zero-order chi connectivity index (χ0) is 113. The Morgan fingerprint density at radius 1 is 0.536 bits per heavy atom. The largest absolute Gasteiger partial charge is 0.0801 e. The molecular weight excluding hydrogens is 2830 g/mol. The van der Waals surface area contributed by atoms with E-state index in [1.54, 1.807) is 131 Å². The van der Waals surface area contributed by atoms with Crippen LogP contribution in [0.4, 0.5) is 22.7 Å². The number of nitrogens with one attached hydrogen (secondary N) is 1. The third kappa shape index (κ3) is 71.9. The number of alkyl halides is 4. The van der Waals surface area contributed by atoms with Gasteiger partial charge in [0.1, 0.15) is 30.8 Å². The van der Waals surface area contributed by atoms with Gasteiger partial charge in [0.2, 0.25) is 60.8 Å². The fraction of sp³-hybridized carbons (Fsp3) is 0.521. The van der Waals surface area contributed by atoms with Crippen LogP contribution in [-0.4, -0.2) is 138 Å². The molecule has 5 aromatic carbocycles. The van der Waals surface area contributed by atoms with Crippen molar-refractivity contribution in [2.75, 3.05) is 52.5 Å². The van der Waals surface area contributed by atoms with Gasteiger partial charge in [0, 0.05) is 20.8 Å². The Morgan fingerprint density at radius 2 is 1.06 bits per heavy atom. The minimum atomic E-state index is -0.430. The van der Waals surface area contributed by atoms with Crippen LogP contribution in [0, 0.1) is 141 Å². The van der Waals surface area contributed by atoms with E-state index in [4.69, 9.17) is 59.9 Å². The Kier molecular flexibility index (Phi) is 89.5. The van der Waals surface area contributed by atoms with Gasteiger partial charge in [0.05, 0.1) is 68.9 Å². The summed E-state index contributed by atoms with van der Waals surface area (Å²) in [6, 6.07) is 32.1. The summed E-state index contributed by atoms with van der Waals surface area (Å²) in [7, 11) is 0. The molecular formula is C96H122BI9N17O16P. The Labute approximate surface area is 967 Å². The topological polar surface area (TPSA) is 516 Å². The third-order valence-corrected chi connectivity index (χ3v) is 21.4. The third-order valence-electron chi connectivity index (χ3n) is 21.4. The van der Waals surface area contributed by atoms with Gasteiger partial charge >= 0.3 is 34.0 Å². The molecule has 7 atom stereocenters. The predicted octanol–water partition coefficient (Wildman–Crippen LogP) is 26.9. The van der Waals surface area contributed by atoms with E-state index in [-0.39, 0.29) is 83.6 Å². The molecule has 6 aliphatic rings. The summed E-state index contributed by atoms with van der Waals surface area (Å²) in [4.78, 5) is 140. The molecule has 44 heteroatoms. The molecule has 758 valence electrons. The van der Waals surface area contributed by atoms with Crippen LogP contribution in [0.5, 0.6) is 11.5 Å². The van der Waals surface area contributed by atoms with Crippen LogP contribution in [0.2, 0.25) is 1.41 Å². The molecule has 1 N–H and O–H groups in total. The van der Waals surface area contributed by atoms with E-state index >= 15 is 0 Å². The van der Waals surface area contributed by atoms with Gasteiger partial charge in [-0.15, -0.1) is 58.5 Å². The first-order chi connectivity index (χ1) is 71.4. The van der Waals surface area contributed by atoms with Gasteiger partial charge in [-0.25, -0.2) is 77.9 Å². The van der Waals surface area contributed by atoms with Gasteiger partial charge in [0.15, 0.2) is 0 Å². The van der Waals surface area contributed by atoms with Gasteiger partial charge in [-0.1, -0.05) is 185 Å². The van der Waals surface area contributed by atoms with Gasteiger partial charge in [-0.05, 0) is 335 Å². The molecule has 6 fully saturated rings. The fourth-order valence-electron chi connectivity index (χ4n) is 16.1. The van der Waals surface area contributed by atoms with Crippen molar-refractivity contribution >= 4 is 297 Å². The van der Waals surface area contributed by atoms with Crippen molar-refractivity contribution in [2.45, 2.75) is 208 Å². The van der Waals surface area contributed by atoms with Crippen molar-refractivity contribution in [3.8, 4) is 49.0 Å². The van der Waals surface area contributed by atoms with Crippen LogP contribution in [0.3, 0.4) is 0 Å². The molecule has 0 radical (unpaired) electrons. The number of aliphatic imine (C=N–C) groups is 10. The summed E-state index contributed by atoms with van der Waals surface area (Å²) in [6.45, 7) is 15.0. The van der Waals surface area contributed by atoms with Crippen molar-refractivity contribution in [2.24, 2.45) is 102 Å². The monoisotopic (exact) mass is 2970 g/mol. The van der Waals surface area contributed by atoms with E-state index in [1.807, 2.05) is 168 Å². The van der Waals surface area contributed by atoms with E-state index < -0.39 is 3.81 Å². The standard InChI is InChI=1S/C15H22N2O2.C15H10N2O2.C12H18N2O2.C10H14N2O2.C10H8N2O2.2C9H6N2O2.C9H13NO.C3H5NO.4CH3I.BHIN.HI2P.2HI.2H2/c2*16-10-19-15-7-3-13(4-8-15)9-12-1-5-14(6-2-12)17-11-18;1-11(2)4-10(14-9-16)5-12(3,6-11)7-13-8-15;2*11-7-14-6-10-3-1-2-9(4-10)5-12-8-13;1-7-2-3-8(10-5-12)4-9(7)11-6-13;1-7-8(11-6-12)3-2-4-9(7)13-5-10;11-6-10-5-9-4-7-1-2-8(9)3-7;1-2-5-3-4;4*1-2;2-1-3;1-3-2;;;;/h12-15H,1-9H2;1-8H,9H2;10H,4-7H2,1-3H3;9-10H,1-6H2;1-4H,5-6H2;2*2-4H,1H3;7-9H,1-5H2;2H2,1H3;4*1H3;2*3H;4*1H/i;;;;;;;;;4*1D;2*3D;;;2*1+2D. The number of halogens is 9. The maximum absolute atomic E-state index is 10.3. The van der Waals surface area contributed by atoms with Crippen LogP contribution < -0.4 is 9.47 Å². The molecule has 11 rings (SSSR count). The number of carbonyl (C=O) groups excluding carboxylic acids is 10. The molecule has 2 bridgehead atoms. The smallest absolute Gasteiger partial charge is 0.0452 e. The van der Waals surface area contributed by atoms with Crippen LogP contribution in [0.25, 0.3) is 0 Å². The number of aryl methyl sites for hydroxylation is 1. The summed E-state index contributed by atoms with van der Waals surface area (Å²) >= 11 is 13.8. The Hall–Kier alpha value is -7.50. The van der Waals surface area contributed by atoms with Crippen molar-refractivity contribution in [3.63, 3.8) is 0 Å². The minimum absolute atomic E-state index is 0. The Bertz CT molecular complexity index is 5240. The molecule has 0 heterocycles. The molecule has 6 saturated carbocycles. The summed E-state index contributed by atoms with van der Waals surface area (Å²) < 4.78 is 84.8. The molecule has 6 aliphatic carbocycles. The second kappa shape index (κ2) is 98.9. The van der Waals surface area contributed by atoms with Gasteiger partial charge < -0.3 is 28.4 Å². The number of hydrogen-bond acceptors (Lipinski definition) is 33. The number of nitriles is 6. The van der Waals surface area contributed by atoms with Crippen molar-refractivity contribution < 1.29 is 89.2 Å². The molecule has 0 amide bonds. The molecule has 140 heavy (non-hydrogen) atoms. The molecule has 0 aromatic heterocycles. The van der Waals surface area contributed by atoms with E-state index in [2.05, 4.69) is 134 Å². The second-order valence-corrected chi connectivity index (χ2v) is 40.4. The molecule has 7 unspecified atom stereocenters. The van der Waals surface area contributed by atoms with E-state index in [1.165, 1.54) is 105 Å². The second-order valence-electron chi connectivity index (χ2n) is 31.3. The molecule has 5 aromatic rings. The van der Waals surface area contributed by atoms with Crippen molar-refractivity contribution in [3.05, 3.63) is 143 Å². The van der Waals surface area contributed by atoms with Crippen LogP contribution in [0.1, 0.15) is 201 Å². The summed E-state index contributed by atoms with van der Waals surface area (Å²) in [5.41, 5.74) is 7.47. The first kappa shape index (κ1) is 127. The number of isocyanates is 10. The van der Waals surface area contributed by atoms with Gasteiger partial charge in [-0.2, -0.15) is 41.0 Å². The van der Waals surface area contributed by atoms with Crippen LogP contribution in [-0.2, 0) is 86.5 Å². The predicted molar refractivity (Wildman–Crippen MR) is 625 cm³/mol. The summed E-state index contributed by atoms with van der Waals surface area (Å²) in [6.07, 6.45) is 48.9. The fourth-order valence-corrected chi connectivity index (χ4v) is 16.1. The normalized spacial score (nSPS) is 19.2. The maximum atomic E-state index is 10.3. The maximum Gasteiger partial charge on any atom is 0.0801 e. The van der Waals surface area contributed by atoms with E-state index in [0.29, 0.717) is 104 Å². The Morgan fingerprint density at radius 3 is 1.56 bits per heavy atom. The average molecular weight is 2970 g/mol. The SMILES string of the molecule is CC1(C)CC(N=C=O)CC(C)(CN=C=O)C1.CCOC#N.Cc1c(N=C=O)cccc1OC#N.Cc1ccc(N=C=O)cc1N=C=O.I.I.N#COC1CCC(CC2CCC(N=C=O)CC2)CC1.N#COCC1CCCC(CN=C=O)C1.N#COCc1cccc(CN=C=O)c1.N#COc1ccc(Cc2ccc(N=C=O)cc2)cc1.O=C=NCC1CC2CCC1C2.[2H]CI.[2H]CI.[2H]CI.[2H]CI.[2H]N=BI.[2H]P(I)I.[2H][3H].[2H][3H]. The molecule has 0 aliphatic heterocycles. The molecule has 0 spiro atoms. The summed E-state index contributed by atoms with van der Waals surface area (Å²) in [5, 5.41) is 52.1. The van der Waals surface area contributed by atoms with Crippen LogP contribution in [0.15, 0.2) is 159 Å². The molecule has 0 saturated heterocycles. The average Bonchev–Trinajstić information content (AvgIpc) is 0.820. The molecule has 33 nitrogen and oxygen atoms in total. The number of hydrogen-bond donors (Lipinski definition) is 1. The number of ether oxygens (including phenoxy) is 6. The summed E-state index contributed by atoms with van der Waals surface area (Å²) in [5.74, 6) is 6.03. The van der Waals surface area contributed by atoms with Gasteiger partial charge in [-0.3, -0.25) is 0 Å². The number of nitrogens with zero attached hydrogens (tertiary/aromatic N) is 16. The quantitative estimate of drug-likeness (QED) is 0.0102. The van der Waals surface area contributed by atoms with E-state index in [0.717, 1.165) is 141 Å². The van der Waals surface area contributed by atoms with Gasteiger partial charge in [0.25, 0.3) is 37.5 Å². The number of benzene rings is 5. The first-order valence-electron chi connectivity index (χ1n) is 48.0. The number of fused-ring (bicyclic) bond motifs is 2. The van der Waals surface area contributed by atoms with Crippen molar-refractivity contribution in [1.82, 2.24) is 0 Å². The van der Waals surface area contributed by atoms with Crippen LogP contribution >= 0.6 is 209 Å². The Balaban J connectivity index is -0.000000247. The zero-order valence-electron chi connectivity index (χ0n) is 88.4. The zero-order valence-corrected chi connectivity index (χ0v) is 99.1. The van der Waals surface area contributed by atoms with Crippen molar-refractivity contribution in [1.29, 1.82) is 38.2 Å².